The number of aromatic hydroxyl groups is 5. The van der Waals surface area contributed by atoms with Gasteiger partial charge in [0.05, 0.1) is 12.5 Å². The molecule has 5 N–H and O–H groups in total. The van der Waals surface area contributed by atoms with Crippen molar-refractivity contribution in [1.82, 2.24) is 0 Å². The third kappa shape index (κ3) is 20.6. The van der Waals surface area contributed by atoms with Gasteiger partial charge in [-0.05, 0) is 72.8 Å². The van der Waals surface area contributed by atoms with Gasteiger partial charge >= 0.3 is 0 Å². The van der Waals surface area contributed by atoms with Gasteiger partial charge in [0.1, 0.15) is 28.7 Å². The Hall–Kier alpha value is -5.62. The summed E-state index contributed by atoms with van der Waals surface area (Å²) in [6.07, 6.45) is 3.25. The van der Waals surface area contributed by atoms with Crippen LogP contribution in [0.2, 0.25) is 0 Å². The monoisotopic (exact) mass is 538 g/mol. The highest BCUT2D eigenvalue weighted by Crippen LogP contribution is 2.05. The lowest BCUT2D eigenvalue weighted by molar-refractivity contribution is 0.475. The van der Waals surface area contributed by atoms with Gasteiger partial charge in [-0.15, -0.1) is 0 Å². The molecule has 0 radical (unpaired) electrons. The van der Waals surface area contributed by atoms with E-state index in [4.69, 9.17) is 25.5 Å². The number of hydrogen-bond acceptors (Lipinski definition) is 6. The lowest BCUT2D eigenvalue weighted by Gasteiger charge is -1.82. The maximum atomic E-state index is 8.63. The zero-order valence-corrected chi connectivity index (χ0v) is 21.9. The molecule has 6 rings (SSSR count). The molecule has 0 aliphatic carbocycles. The van der Waals surface area contributed by atoms with E-state index in [0.29, 0.717) is 28.7 Å². The summed E-state index contributed by atoms with van der Waals surface area (Å²) in [6, 6.07) is 47.2. The van der Waals surface area contributed by atoms with Crippen molar-refractivity contribution < 1.29 is 29.9 Å². The van der Waals surface area contributed by atoms with Gasteiger partial charge in [0.2, 0.25) is 0 Å². The van der Waals surface area contributed by atoms with Crippen LogP contribution in [0.3, 0.4) is 0 Å². The third-order valence-electron chi connectivity index (χ3n) is 4.21. The van der Waals surface area contributed by atoms with Crippen LogP contribution in [0.5, 0.6) is 28.7 Å². The second-order valence-corrected chi connectivity index (χ2v) is 7.47. The van der Waals surface area contributed by atoms with E-state index >= 15 is 0 Å². The molecule has 6 heteroatoms. The predicted molar refractivity (Wildman–Crippen MR) is 159 cm³/mol. The minimum absolute atomic E-state index is 0.322. The molecular weight excluding hydrogens is 504 g/mol. The van der Waals surface area contributed by atoms with Crippen LogP contribution in [0, 0.1) is 0 Å². The number of phenolic OH excluding ortho intramolecular Hbond substituents is 5. The number of benzene rings is 5. The van der Waals surface area contributed by atoms with Crippen LogP contribution in [0.25, 0.3) is 0 Å². The Bertz CT molecular complexity index is 1060. The van der Waals surface area contributed by atoms with Crippen LogP contribution in [0.1, 0.15) is 0 Å². The van der Waals surface area contributed by atoms with Crippen LogP contribution in [-0.2, 0) is 0 Å². The van der Waals surface area contributed by atoms with Crippen LogP contribution in [0.15, 0.2) is 181 Å². The highest BCUT2D eigenvalue weighted by molar-refractivity contribution is 5.20. The molecule has 40 heavy (non-hydrogen) atoms. The van der Waals surface area contributed by atoms with Crippen molar-refractivity contribution in [3.63, 3.8) is 0 Å². The number of para-hydroxylation sites is 5. The molecule has 0 fully saturated rings. The molecule has 1 aromatic heterocycles. The summed E-state index contributed by atoms with van der Waals surface area (Å²) >= 11 is 0. The van der Waals surface area contributed by atoms with Crippen LogP contribution < -0.4 is 0 Å². The van der Waals surface area contributed by atoms with Crippen molar-refractivity contribution in [2.75, 3.05) is 0 Å². The summed E-state index contributed by atoms with van der Waals surface area (Å²) in [5.41, 5.74) is 0. The van der Waals surface area contributed by atoms with E-state index < -0.39 is 0 Å². The molecule has 206 valence electrons. The highest BCUT2D eigenvalue weighted by Gasteiger charge is 1.77. The molecule has 0 aliphatic rings. The summed E-state index contributed by atoms with van der Waals surface area (Å²) in [4.78, 5) is 0. The molecule has 5 aromatic carbocycles. The van der Waals surface area contributed by atoms with Gasteiger partial charge in [0, 0.05) is 0 Å². The lowest BCUT2D eigenvalue weighted by atomic mass is 10.3. The molecule has 6 aromatic rings. The average Bonchev–Trinajstić information content (AvgIpc) is 3.57. The topological polar surface area (TPSA) is 114 Å². The molecule has 0 aliphatic heterocycles. The second-order valence-electron chi connectivity index (χ2n) is 7.47. The van der Waals surface area contributed by atoms with E-state index in [1.54, 1.807) is 134 Å². The smallest absolute Gasteiger partial charge is 0.115 e. The fourth-order valence-electron chi connectivity index (χ4n) is 2.37. The standard InChI is InChI=1S/5C6H6O.C4H4O/c5*7-6-4-2-1-3-5-6;1-2-4-5-3-1/h5*1-5,7H;1-4H. The quantitative estimate of drug-likeness (QED) is 0.133. The molecule has 0 saturated carbocycles. The minimum Gasteiger partial charge on any atom is -0.508 e. The van der Waals surface area contributed by atoms with Crippen molar-refractivity contribution in [3.05, 3.63) is 176 Å². The van der Waals surface area contributed by atoms with Crippen molar-refractivity contribution >= 4 is 0 Å². The van der Waals surface area contributed by atoms with Gasteiger partial charge in [0.15, 0.2) is 0 Å². The zero-order valence-electron chi connectivity index (χ0n) is 21.9. The largest absolute Gasteiger partial charge is 0.508 e. The van der Waals surface area contributed by atoms with Crippen molar-refractivity contribution in [2.24, 2.45) is 0 Å². The molecular formula is C34H34O6. The third-order valence-corrected chi connectivity index (χ3v) is 4.21. The van der Waals surface area contributed by atoms with Crippen molar-refractivity contribution in [3.8, 4) is 28.7 Å². The van der Waals surface area contributed by atoms with Gasteiger partial charge in [-0.3, -0.25) is 0 Å². The van der Waals surface area contributed by atoms with Gasteiger partial charge in [-0.2, -0.15) is 0 Å². The van der Waals surface area contributed by atoms with E-state index in [9.17, 15) is 0 Å². The average molecular weight is 539 g/mol. The lowest BCUT2D eigenvalue weighted by Crippen LogP contribution is -1.56. The van der Waals surface area contributed by atoms with E-state index in [-0.39, 0.29) is 0 Å². The Morgan fingerprint density at radius 3 is 0.500 bits per heavy atom. The van der Waals surface area contributed by atoms with Gasteiger partial charge in [-0.1, -0.05) is 91.0 Å². The first-order valence-corrected chi connectivity index (χ1v) is 12.1. The first-order valence-electron chi connectivity index (χ1n) is 12.1. The van der Waals surface area contributed by atoms with Gasteiger partial charge in [0.25, 0.3) is 0 Å². The van der Waals surface area contributed by atoms with Gasteiger partial charge in [-0.25, -0.2) is 0 Å². The molecule has 1 heterocycles. The minimum atomic E-state index is 0.322. The Balaban J connectivity index is 0.000000241. The van der Waals surface area contributed by atoms with E-state index in [1.165, 1.54) is 0 Å². The number of hydrogen-bond donors (Lipinski definition) is 5. The molecule has 0 bridgehead atoms. The molecule has 0 unspecified atom stereocenters. The fourth-order valence-corrected chi connectivity index (χ4v) is 2.37. The van der Waals surface area contributed by atoms with Crippen LogP contribution in [-0.4, -0.2) is 25.5 Å². The highest BCUT2D eigenvalue weighted by atomic mass is 16.3. The Morgan fingerprint density at radius 1 is 0.250 bits per heavy atom. The summed E-state index contributed by atoms with van der Waals surface area (Å²) < 4.78 is 4.58. The molecule has 0 atom stereocenters. The maximum absolute atomic E-state index is 8.63. The second kappa shape index (κ2) is 22.6. The Kier molecular flexibility index (Phi) is 18.3. The Labute approximate surface area is 235 Å². The summed E-state index contributed by atoms with van der Waals surface area (Å²) in [7, 11) is 0. The maximum Gasteiger partial charge on any atom is 0.115 e. The Morgan fingerprint density at radius 2 is 0.425 bits per heavy atom. The molecule has 0 spiro atoms. The van der Waals surface area contributed by atoms with E-state index in [2.05, 4.69) is 4.42 Å². The first-order chi connectivity index (χ1) is 19.5. The molecule has 0 amide bonds. The van der Waals surface area contributed by atoms with Crippen molar-refractivity contribution in [1.29, 1.82) is 0 Å². The van der Waals surface area contributed by atoms with Gasteiger partial charge < -0.3 is 29.9 Å². The van der Waals surface area contributed by atoms with Crippen LogP contribution in [0.4, 0.5) is 0 Å². The number of rotatable bonds is 0. The molecule has 0 saturated heterocycles. The predicted octanol–water partition coefficient (Wildman–Crippen LogP) is 8.24. The fraction of sp³-hybridized carbons (Fsp3) is 0. The summed E-state index contributed by atoms with van der Waals surface area (Å²) in [5.74, 6) is 1.61. The summed E-state index contributed by atoms with van der Waals surface area (Å²) in [6.45, 7) is 0. The van der Waals surface area contributed by atoms with Crippen molar-refractivity contribution in [2.45, 2.75) is 0 Å². The number of furan rings is 1. The summed E-state index contributed by atoms with van der Waals surface area (Å²) in [5, 5.41) is 43.2. The number of phenols is 5. The first kappa shape index (κ1) is 32.4. The van der Waals surface area contributed by atoms with E-state index in [1.807, 2.05) is 42.5 Å². The zero-order chi connectivity index (χ0) is 29.1. The van der Waals surface area contributed by atoms with E-state index in [0.717, 1.165) is 0 Å². The normalized spacial score (nSPS) is 8.50. The SMILES string of the molecule is Oc1ccccc1.Oc1ccccc1.Oc1ccccc1.Oc1ccccc1.Oc1ccccc1.c1ccoc1. The molecule has 6 nitrogen and oxygen atoms in total. The van der Waals surface area contributed by atoms with Crippen LogP contribution >= 0.6 is 0 Å².